The van der Waals surface area contributed by atoms with Crippen molar-refractivity contribution in [3.63, 3.8) is 0 Å². The molecule has 0 saturated heterocycles. The molecule has 0 aliphatic carbocycles. The molecule has 0 heterocycles. The normalized spacial score (nSPS) is 12.4. The quantitative estimate of drug-likeness (QED) is 0.525. The molecule has 0 aromatic heterocycles. The molecule has 116 valence electrons. The summed E-state index contributed by atoms with van der Waals surface area (Å²) in [4.78, 5) is 22.6. The number of carboxylic acid groups (broad SMARTS) is 1. The van der Waals surface area contributed by atoms with Crippen LogP contribution in [0.2, 0.25) is 0 Å². The molecule has 0 unspecified atom stereocenters. The van der Waals surface area contributed by atoms with E-state index in [2.05, 4.69) is 10.6 Å². The molecule has 1 atom stereocenters. The predicted molar refractivity (Wildman–Crippen MR) is 76.1 cm³/mol. The van der Waals surface area contributed by atoms with Crippen LogP contribution in [0, 0.1) is 0 Å². The van der Waals surface area contributed by atoms with Crippen LogP contribution in [0.25, 0.3) is 0 Å². The van der Waals surface area contributed by atoms with Crippen molar-refractivity contribution >= 4 is 22.0 Å². The summed E-state index contributed by atoms with van der Waals surface area (Å²) in [7, 11) is -3.67. The third-order valence-corrected chi connectivity index (χ3v) is 3.33. The van der Waals surface area contributed by atoms with Gasteiger partial charge < -0.3 is 15.7 Å². The topological polar surface area (TPSA) is 139 Å². The summed E-state index contributed by atoms with van der Waals surface area (Å²) in [6.07, 6.45) is 0.124. The lowest BCUT2D eigenvalue weighted by atomic mass is 10.1. The number of aliphatic carboxylic acids is 1. The van der Waals surface area contributed by atoms with Gasteiger partial charge in [0.05, 0.1) is 5.75 Å². The first-order valence-corrected chi connectivity index (χ1v) is 7.81. The number of benzene rings is 1. The van der Waals surface area contributed by atoms with Gasteiger partial charge in [-0.3, -0.25) is 0 Å². The number of rotatable bonds is 7. The molecule has 1 rings (SSSR count). The highest BCUT2D eigenvalue weighted by molar-refractivity contribution is 7.89. The van der Waals surface area contributed by atoms with Gasteiger partial charge in [0.2, 0.25) is 10.0 Å². The van der Waals surface area contributed by atoms with Crippen molar-refractivity contribution in [2.45, 2.75) is 12.5 Å². The average molecular weight is 315 g/mol. The van der Waals surface area contributed by atoms with E-state index in [0.29, 0.717) is 0 Å². The van der Waals surface area contributed by atoms with Crippen LogP contribution in [0.15, 0.2) is 30.3 Å². The fourth-order valence-electron chi connectivity index (χ4n) is 1.57. The Morgan fingerprint density at radius 2 is 1.86 bits per heavy atom. The number of carboxylic acids is 1. The molecule has 8 nitrogen and oxygen atoms in total. The highest BCUT2D eigenvalue weighted by Gasteiger charge is 2.20. The fourth-order valence-corrected chi connectivity index (χ4v) is 1.95. The largest absolute Gasteiger partial charge is 0.480 e. The van der Waals surface area contributed by atoms with E-state index in [4.69, 9.17) is 10.2 Å². The Morgan fingerprint density at radius 3 is 2.38 bits per heavy atom. The number of amides is 2. The zero-order valence-electron chi connectivity index (χ0n) is 11.2. The van der Waals surface area contributed by atoms with E-state index >= 15 is 0 Å². The van der Waals surface area contributed by atoms with Gasteiger partial charge in [0, 0.05) is 13.0 Å². The minimum absolute atomic E-state index is 0.124. The van der Waals surface area contributed by atoms with Crippen LogP contribution in [-0.4, -0.2) is 43.9 Å². The maximum absolute atomic E-state index is 11.5. The van der Waals surface area contributed by atoms with Crippen molar-refractivity contribution in [2.24, 2.45) is 5.14 Å². The number of nitrogens with two attached hydrogens (primary N) is 1. The molecule has 0 spiro atoms. The Kier molecular flexibility index (Phi) is 6.12. The van der Waals surface area contributed by atoms with Crippen molar-refractivity contribution in [3.05, 3.63) is 35.9 Å². The van der Waals surface area contributed by atoms with Crippen LogP contribution in [0.1, 0.15) is 5.56 Å². The molecular formula is C12H17N3O5S. The Hall–Kier alpha value is -2.13. The fraction of sp³-hybridized carbons (Fsp3) is 0.333. The number of hydrogen-bond acceptors (Lipinski definition) is 4. The third kappa shape index (κ3) is 7.28. The smallest absolute Gasteiger partial charge is 0.326 e. The molecule has 5 N–H and O–H groups in total. The van der Waals surface area contributed by atoms with Crippen molar-refractivity contribution in [3.8, 4) is 0 Å². The lowest BCUT2D eigenvalue weighted by Gasteiger charge is -2.15. The molecule has 0 aliphatic rings. The number of primary sulfonamides is 1. The van der Waals surface area contributed by atoms with Crippen molar-refractivity contribution in [2.75, 3.05) is 12.3 Å². The van der Waals surface area contributed by atoms with Gasteiger partial charge in [-0.25, -0.2) is 23.1 Å². The molecule has 0 saturated carbocycles. The van der Waals surface area contributed by atoms with Gasteiger partial charge in [0.25, 0.3) is 0 Å². The number of carbonyl (C=O) groups is 2. The van der Waals surface area contributed by atoms with Gasteiger partial charge in [0.1, 0.15) is 6.04 Å². The number of sulfonamides is 1. The predicted octanol–water partition coefficient (Wildman–Crippen LogP) is -0.730. The molecule has 9 heteroatoms. The molecule has 0 aliphatic heterocycles. The van der Waals surface area contributed by atoms with Crippen LogP contribution >= 0.6 is 0 Å². The summed E-state index contributed by atoms with van der Waals surface area (Å²) in [5, 5.41) is 18.4. The van der Waals surface area contributed by atoms with Crippen molar-refractivity contribution < 1.29 is 23.1 Å². The zero-order valence-corrected chi connectivity index (χ0v) is 12.0. The van der Waals surface area contributed by atoms with Gasteiger partial charge in [-0.2, -0.15) is 0 Å². The molecule has 21 heavy (non-hydrogen) atoms. The van der Waals surface area contributed by atoms with Gasteiger partial charge in [-0.1, -0.05) is 30.3 Å². The maximum Gasteiger partial charge on any atom is 0.326 e. The molecule has 0 bridgehead atoms. The molecule has 0 fully saturated rings. The maximum atomic E-state index is 11.5. The van der Waals surface area contributed by atoms with Crippen LogP contribution in [-0.2, 0) is 21.2 Å². The second-order valence-corrected chi connectivity index (χ2v) is 6.08. The highest BCUT2D eigenvalue weighted by Crippen LogP contribution is 2.03. The van der Waals surface area contributed by atoms with Crippen LogP contribution in [0.3, 0.4) is 0 Å². The standard InChI is InChI=1S/C12H17N3O5S/c13-21(19,20)7-6-14-12(18)15-10(11(16)17)8-9-4-2-1-3-5-9/h1-5,10H,6-8H2,(H,16,17)(H2,13,19,20)(H2,14,15,18)/t10-/m1/s1. The highest BCUT2D eigenvalue weighted by atomic mass is 32.2. The molecule has 1 aromatic rings. The summed E-state index contributed by atoms with van der Waals surface area (Å²) in [5.74, 6) is -1.60. The second-order valence-electron chi connectivity index (χ2n) is 4.35. The van der Waals surface area contributed by atoms with E-state index in [0.717, 1.165) is 5.56 Å². The monoisotopic (exact) mass is 315 g/mol. The minimum atomic E-state index is -3.67. The van der Waals surface area contributed by atoms with E-state index in [1.54, 1.807) is 30.3 Å². The zero-order chi connectivity index (χ0) is 15.9. The van der Waals surface area contributed by atoms with Crippen LogP contribution in [0.5, 0.6) is 0 Å². The van der Waals surface area contributed by atoms with E-state index in [-0.39, 0.29) is 13.0 Å². The van der Waals surface area contributed by atoms with E-state index < -0.39 is 33.8 Å². The van der Waals surface area contributed by atoms with Crippen LogP contribution in [0.4, 0.5) is 4.79 Å². The Bertz CT molecular complexity index is 588. The van der Waals surface area contributed by atoms with E-state index in [1.165, 1.54) is 0 Å². The molecule has 1 aromatic carbocycles. The first-order valence-electron chi connectivity index (χ1n) is 6.09. The van der Waals surface area contributed by atoms with E-state index in [1.807, 2.05) is 0 Å². The van der Waals surface area contributed by atoms with Crippen molar-refractivity contribution in [1.82, 2.24) is 10.6 Å². The molecular weight excluding hydrogens is 298 g/mol. The number of nitrogens with one attached hydrogen (secondary N) is 2. The van der Waals surface area contributed by atoms with Gasteiger partial charge in [0.15, 0.2) is 0 Å². The van der Waals surface area contributed by atoms with Crippen molar-refractivity contribution in [1.29, 1.82) is 0 Å². The number of hydrogen-bond donors (Lipinski definition) is 4. The SMILES string of the molecule is NS(=O)(=O)CCNC(=O)N[C@H](Cc1ccccc1)C(=O)O. The van der Waals surface area contributed by atoms with Gasteiger partial charge >= 0.3 is 12.0 Å². The Labute approximate surface area is 122 Å². The lowest BCUT2D eigenvalue weighted by molar-refractivity contribution is -0.139. The first-order chi connectivity index (χ1) is 9.78. The van der Waals surface area contributed by atoms with Gasteiger partial charge in [-0.15, -0.1) is 0 Å². The first kappa shape index (κ1) is 16.9. The number of carbonyl (C=O) groups excluding carboxylic acids is 1. The average Bonchev–Trinajstić information content (AvgIpc) is 2.37. The summed E-state index contributed by atoms with van der Waals surface area (Å²) in [6.45, 7) is -0.192. The lowest BCUT2D eigenvalue weighted by Crippen LogP contribution is -2.48. The van der Waals surface area contributed by atoms with E-state index in [9.17, 15) is 18.0 Å². The third-order valence-electron chi connectivity index (χ3n) is 2.56. The Balaban J connectivity index is 2.51. The molecule has 2 amide bonds. The Morgan fingerprint density at radius 1 is 1.24 bits per heavy atom. The summed E-state index contributed by atoms with van der Waals surface area (Å²) < 4.78 is 21.4. The second kappa shape index (κ2) is 7.60. The summed E-state index contributed by atoms with van der Waals surface area (Å²) >= 11 is 0. The molecule has 0 radical (unpaired) electrons. The van der Waals surface area contributed by atoms with Gasteiger partial charge in [-0.05, 0) is 5.56 Å². The number of urea groups is 1. The summed E-state index contributed by atoms with van der Waals surface area (Å²) in [6, 6.07) is 6.95. The summed E-state index contributed by atoms with van der Waals surface area (Å²) in [5.41, 5.74) is 0.759. The van der Waals surface area contributed by atoms with Crippen LogP contribution < -0.4 is 15.8 Å². The minimum Gasteiger partial charge on any atom is -0.480 e.